The average Bonchev–Trinajstić information content (AvgIpc) is 3.00. The van der Waals surface area contributed by atoms with Crippen LogP contribution in [0, 0.1) is 25.1 Å². The third-order valence-corrected chi connectivity index (χ3v) is 7.94. The Labute approximate surface area is 288 Å². The lowest BCUT2D eigenvalue weighted by Gasteiger charge is -2.40. The minimum Gasteiger partial charge on any atom is -0.466 e. The first-order chi connectivity index (χ1) is 22.5. The quantitative estimate of drug-likeness (QED) is 0.173. The van der Waals surface area contributed by atoms with E-state index in [4.69, 9.17) is 14.8 Å². The molecule has 0 saturated carbocycles. The maximum absolute atomic E-state index is 13.3. The Morgan fingerprint density at radius 1 is 0.979 bits per heavy atom. The molecule has 8 heteroatoms. The van der Waals surface area contributed by atoms with Crippen LogP contribution in [0.3, 0.4) is 0 Å². The van der Waals surface area contributed by atoms with Gasteiger partial charge in [0, 0.05) is 55.1 Å². The summed E-state index contributed by atoms with van der Waals surface area (Å²) >= 11 is 0. The fraction of sp³-hybridized carbons (Fsp3) is 0.525. The lowest BCUT2D eigenvalue weighted by atomic mass is 9.82. The van der Waals surface area contributed by atoms with Gasteiger partial charge in [0.05, 0.1) is 24.3 Å². The molecule has 1 aromatic heterocycles. The van der Waals surface area contributed by atoms with Crippen molar-refractivity contribution in [3.8, 4) is 11.1 Å². The number of ether oxygens (including phenoxy) is 1. The molecule has 3 aromatic rings. The molecule has 2 heterocycles. The number of nitrogens with zero attached hydrogens (tertiary/aromatic N) is 3. The second-order valence-corrected chi connectivity index (χ2v) is 14.4. The zero-order valence-electron chi connectivity index (χ0n) is 31.0. The first-order valence-electron chi connectivity index (χ1n) is 17.1. The number of hydrogen-bond donors (Lipinski definition) is 1. The molecule has 4 rings (SSSR count). The van der Waals surface area contributed by atoms with E-state index in [1.54, 1.807) is 20.8 Å². The number of aromatic nitrogens is 1. The van der Waals surface area contributed by atoms with Crippen LogP contribution < -0.4 is 4.90 Å². The zero-order chi connectivity index (χ0) is 36.1. The van der Waals surface area contributed by atoms with Gasteiger partial charge in [0.15, 0.2) is 0 Å². The predicted molar refractivity (Wildman–Crippen MR) is 195 cm³/mol. The van der Waals surface area contributed by atoms with Crippen molar-refractivity contribution in [3.63, 3.8) is 0 Å². The van der Waals surface area contributed by atoms with Gasteiger partial charge < -0.3 is 19.5 Å². The van der Waals surface area contributed by atoms with Crippen LogP contribution in [0.4, 0.5) is 10.1 Å². The molecule has 1 aliphatic rings. The molecule has 1 N–H and O–H groups in total. The molecule has 0 atom stereocenters. The summed E-state index contributed by atoms with van der Waals surface area (Å²) in [4.78, 5) is 31.4. The van der Waals surface area contributed by atoms with Crippen molar-refractivity contribution >= 4 is 17.9 Å². The van der Waals surface area contributed by atoms with Crippen molar-refractivity contribution in [3.05, 3.63) is 82.4 Å². The fourth-order valence-electron chi connectivity index (χ4n) is 5.51. The number of benzene rings is 2. The number of carbonyl (C=O) groups is 2. The molecule has 7 nitrogen and oxygen atoms in total. The van der Waals surface area contributed by atoms with Crippen molar-refractivity contribution in [1.29, 1.82) is 0 Å². The summed E-state index contributed by atoms with van der Waals surface area (Å²) in [5, 5.41) is 8.52. The highest BCUT2D eigenvalue weighted by Gasteiger charge is 2.30. The Bertz CT molecular complexity index is 1430. The van der Waals surface area contributed by atoms with Crippen molar-refractivity contribution in [1.82, 2.24) is 9.88 Å². The molecule has 0 amide bonds. The van der Waals surface area contributed by atoms with Crippen LogP contribution in [0.2, 0.25) is 0 Å². The summed E-state index contributed by atoms with van der Waals surface area (Å²) in [5.41, 5.74) is 8.28. The van der Waals surface area contributed by atoms with Gasteiger partial charge in [0.25, 0.3) is 0 Å². The predicted octanol–water partition coefficient (Wildman–Crippen LogP) is 8.24. The second kappa shape index (κ2) is 18.8. The summed E-state index contributed by atoms with van der Waals surface area (Å²) in [7, 11) is 2.07. The van der Waals surface area contributed by atoms with E-state index in [-0.39, 0.29) is 18.2 Å². The third kappa shape index (κ3) is 13.9. The van der Waals surface area contributed by atoms with E-state index in [9.17, 15) is 14.0 Å². The van der Waals surface area contributed by atoms with Crippen LogP contribution in [0.5, 0.6) is 0 Å². The highest BCUT2D eigenvalue weighted by molar-refractivity contribution is 5.86. The molecule has 1 fully saturated rings. The summed E-state index contributed by atoms with van der Waals surface area (Å²) in [6.45, 7) is 21.4. The van der Waals surface area contributed by atoms with Crippen LogP contribution in [0.1, 0.15) is 95.8 Å². The van der Waals surface area contributed by atoms with Crippen LogP contribution in [-0.2, 0) is 33.8 Å². The SMILES string of the molecule is CC(C)(C)O.CCC=O.CCOC(=O)Cc1c(C)nc(C)c(-c2ccc(CN(C)Cc3ccc(F)cc3)cc2)c1N1CCC(C)(C)CC1. The summed E-state index contributed by atoms with van der Waals surface area (Å²) in [6, 6.07) is 15.4. The molecule has 2 aromatic carbocycles. The van der Waals surface area contributed by atoms with Gasteiger partial charge in [0.1, 0.15) is 12.1 Å². The number of aliphatic hydroxyl groups is 1. The molecule has 264 valence electrons. The molecule has 1 aliphatic heterocycles. The summed E-state index contributed by atoms with van der Waals surface area (Å²) < 4.78 is 18.6. The van der Waals surface area contributed by atoms with E-state index < -0.39 is 5.60 Å². The highest BCUT2D eigenvalue weighted by atomic mass is 19.1. The first-order valence-corrected chi connectivity index (χ1v) is 17.1. The van der Waals surface area contributed by atoms with Crippen LogP contribution in [0.25, 0.3) is 11.1 Å². The van der Waals surface area contributed by atoms with Crippen LogP contribution >= 0.6 is 0 Å². The van der Waals surface area contributed by atoms with Gasteiger partial charge in [0.2, 0.25) is 0 Å². The van der Waals surface area contributed by atoms with Crippen molar-refractivity contribution in [2.45, 2.75) is 107 Å². The number of rotatable bonds is 10. The molecule has 0 radical (unpaired) electrons. The molecule has 48 heavy (non-hydrogen) atoms. The number of pyridine rings is 1. The average molecular weight is 664 g/mol. The number of aryl methyl sites for hydroxylation is 2. The number of esters is 1. The molecule has 0 bridgehead atoms. The Hall–Kier alpha value is -3.62. The Morgan fingerprint density at radius 3 is 1.92 bits per heavy atom. The number of hydrogen-bond acceptors (Lipinski definition) is 7. The van der Waals surface area contributed by atoms with Crippen LogP contribution in [0.15, 0.2) is 48.5 Å². The molecule has 1 saturated heterocycles. The largest absolute Gasteiger partial charge is 0.466 e. The second-order valence-electron chi connectivity index (χ2n) is 14.4. The van der Waals surface area contributed by atoms with Gasteiger partial charge in [-0.05, 0) is 95.7 Å². The summed E-state index contributed by atoms with van der Waals surface area (Å²) in [6.07, 6.45) is 3.94. The normalized spacial score (nSPS) is 14.0. The standard InChI is InChI=1S/C33H42FN3O2.C4H10O.C3H6O/c1-7-39-30(38)20-29-23(2)35-24(3)31(32(29)37-18-16-33(4,5)17-19-37)27-12-8-25(9-13-27)21-36(6)22-26-10-14-28(34)15-11-26;1-4(2,3)5;1-2-3-4/h8-15H,7,16-22H2,1-6H3;5H,1-3H3;3H,2H2,1H3. The summed E-state index contributed by atoms with van der Waals surface area (Å²) in [5.74, 6) is -0.425. The van der Waals surface area contributed by atoms with E-state index in [0.717, 1.165) is 84.6 Å². The van der Waals surface area contributed by atoms with Gasteiger partial charge >= 0.3 is 5.97 Å². The van der Waals surface area contributed by atoms with Crippen LogP contribution in [-0.4, -0.2) is 59.6 Å². The maximum atomic E-state index is 13.3. The van der Waals surface area contributed by atoms with Gasteiger partial charge in [-0.2, -0.15) is 0 Å². The van der Waals surface area contributed by atoms with E-state index >= 15 is 0 Å². The minimum absolute atomic E-state index is 0.212. The molecule has 0 aliphatic carbocycles. The number of anilines is 1. The minimum atomic E-state index is -0.500. The van der Waals surface area contributed by atoms with Crippen molar-refractivity contribution < 1.29 is 23.8 Å². The monoisotopic (exact) mass is 663 g/mol. The number of aldehydes is 1. The Kier molecular flexibility index (Phi) is 15.9. The molecular formula is C40H58FN3O4. The molecule has 0 unspecified atom stereocenters. The highest BCUT2D eigenvalue weighted by Crippen LogP contribution is 2.41. The van der Waals surface area contributed by atoms with Crippen molar-refractivity contribution in [2.75, 3.05) is 31.6 Å². The van der Waals surface area contributed by atoms with E-state index in [2.05, 4.69) is 61.9 Å². The van der Waals surface area contributed by atoms with Crippen molar-refractivity contribution in [2.24, 2.45) is 5.41 Å². The van der Waals surface area contributed by atoms with Gasteiger partial charge in [-0.1, -0.05) is 57.2 Å². The number of piperidine rings is 1. The molecule has 0 spiro atoms. The number of carbonyl (C=O) groups excluding carboxylic acids is 2. The Balaban J connectivity index is 0.000000789. The topological polar surface area (TPSA) is 83.0 Å². The lowest BCUT2D eigenvalue weighted by Crippen LogP contribution is -2.38. The Morgan fingerprint density at radius 2 is 1.46 bits per heavy atom. The lowest BCUT2D eigenvalue weighted by molar-refractivity contribution is -0.142. The smallest absolute Gasteiger partial charge is 0.310 e. The fourth-order valence-corrected chi connectivity index (χ4v) is 5.51. The maximum Gasteiger partial charge on any atom is 0.310 e. The van der Waals surface area contributed by atoms with Gasteiger partial charge in [-0.25, -0.2) is 4.39 Å². The molecular weight excluding hydrogens is 605 g/mol. The van der Waals surface area contributed by atoms with Gasteiger partial charge in [-0.15, -0.1) is 0 Å². The van der Waals surface area contributed by atoms with E-state index in [1.807, 2.05) is 32.9 Å². The third-order valence-electron chi connectivity index (χ3n) is 7.94. The van der Waals surface area contributed by atoms with Gasteiger partial charge in [-0.3, -0.25) is 14.7 Å². The first kappa shape index (κ1) is 40.6. The number of halogens is 1. The van der Waals surface area contributed by atoms with E-state index in [0.29, 0.717) is 18.4 Å². The zero-order valence-corrected chi connectivity index (χ0v) is 31.0. The van der Waals surface area contributed by atoms with E-state index in [1.165, 1.54) is 17.7 Å².